The van der Waals surface area contributed by atoms with Crippen LogP contribution in [0.5, 0.6) is 0 Å². The van der Waals surface area contributed by atoms with Crippen LogP contribution in [0.1, 0.15) is 39.2 Å². The highest BCUT2D eigenvalue weighted by Gasteiger charge is 2.54. The normalized spacial score (nSPS) is 27.7. The van der Waals surface area contributed by atoms with Crippen LogP contribution in [0.25, 0.3) is 0 Å². The van der Waals surface area contributed by atoms with Gasteiger partial charge in [0, 0.05) is 4.47 Å². The average Bonchev–Trinajstić information content (AvgIpc) is 2.16. The molecule has 0 heterocycles. The second-order valence-electron chi connectivity index (χ2n) is 6.37. The Morgan fingerprint density at radius 3 is 2.17 bits per heavy atom. The van der Waals surface area contributed by atoms with Gasteiger partial charge < -0.3 is 5.11 Å². The molecular weight excluding hydrogens is 292 g/mol. The molecule has 0 saturated heterocycles. The molecule has 18 heavy (non-hydrogen) atoms. The molecule has 98 valence electrons. The van der Waals surface area contributed by atoms with Crippen LogP contribution in [0, 0.1) is 11.3 Å². The summed E-state index contributed by atoms with van der Waals surface area (Å²) >= 11 is 3.39. The van der Waals surface area contributed by atoms with E-state index in [0.29, 0.717) is 5.92 Å². The highest BCUT2D eigenvalue weighted by atomic mass is 79.9. The molecule has 1 saturated carbocycles. The van der Waals surface area contributed by atoms with Gasteiger partial charge in [-0.25, -0.2) is 0 Å². The Labute approximate surface area is 117 Å². The van der Waals surface area contributed by atoms with Crippen LogP contribution in [0.4, 0.5) is 0 Å². The van der Waals surface area contributed by atoms with Gasteiger partial charge >= 0.3 is 5.97 Å². The van der Waals surface area contributed by atoms with Gasteiger partial charge in [-0.05, 0) is 41.9 Å². The Bertz CT molecular complexity index is 450. The molecular formula is C15H19BrO2. The minimum atomic E-state index is -0.690. The Morgan fingerprint density at radius 1 is 1.28 bits per heavy atom. The molecule has 3 heteroatoms. The van der Waals surface area contributed by atoms with Gasteiger partial charge in [0.2, 0.25) is 0 Å². The molecule has 0 atom stereocenters. The SMILES string of the molecule is CC(C)(C)C1CC(C(=O)O)(c2ccc(Br)cc2)C1. The molecule has 2 nitrogen and oxygen atoms in total. The van der Waals surface area contributed by atoms with E-state index < -0.39 is 11.4 Å². The zero-order chi connectivity index (χ0) is 13.6. The summed E-state index contributed by atoms with van der Waals surface area (Å²) in [5, 5.41) is 9.58. The summed E-state index contributed by atoms with van der Waals surface area (Å²) in [4.78, 5) is 11.6. The van der Waals surface area contributed by atoms with Crippen molar-refractivity contribution in [3.05, 3.63) is 34.3 Å². The number of carboxylic acids is 1. The van der Waals surface area contributed by atoms with E-state index in [1.165, 1.54) is 0 Å². The first-order valence-corrected chi connectivity index (χ1v) is 7.04. The summed E-state index contributed by atoms with van der Waals surface area (Å²) in [5.74, 6) is -0.206. The van der Waals surface area contributed by atoms with Gasteiger partial charge in [-0.2, -0.15) is 0 Å². The minimum Gasteiger partial charge on any atom is -0.481 e. The highest BCUT2D eigenvalue weighted by molar-refractivity contribution is 9.10. The van der Waals surface area contributed by atoms with Crippen molar-refractivity contribution >= 4 is 21.9 Å². The second-order valence-corrected chi connectivity index (χ2v) is 7.28. The molecule has 0 radical (unpaired) electrons. The Hall–Kier alpha value is -0.830. The van der Waals surface area contributed by atoms with Crippen LogP contribution in [0.2, 0.25) is 0 Å². The zero-order valence-electron chi connectivity index (χ0n) is 11.0. The molecule has 1 aromatic rings. The molecule has 1 aromatic carbocycles. The van der Waals surface area contributed by atoms with Gasteiger partial charge in [0.1, 0.15) is 0 Å². The summed E-state index contributed by atoms with van der Waals surface area (Å²) in [5.41, 5.74) is 0.450. The second kappa shape index (κ2) is 4.37. The van der Waals surface area contributed by atoms with Crippen LogP contribution in [-0.4, -0.2) is 11.1 Å². The van der Waals surface area contributed by atoms with Crippen molar-refractivity contribution in [2.75, 3.05) is 0 Å². The number of hydrogen-bond donors (Lipinski definition) is 1. The van der Waals surface area contributed by atoms with Crippen molar-refractivity contribution in [2.45, 2.75) is 39.0 Å². The summed E-state index contributed by atoms with van der Waals surface area (Å²) in [6, 6.07) is 7.70. The first-order chi connectivity index (χ1) is 8.25. The van der Waals surface area contributed by atoms with Gasteiger partial charge in [-0.15, -0.1) is 0 Å². The summed E-state index contributed by atoms with van der Waals surface area (Å²) < 4.78 is 0.985. The number of hydrogen-bond acceptors (Lipinski definition) is 1. The van der Waals surface area contributed by atoms with Crippen molar-refractivity contribution in [1.82, 2.24) is 0 Å². The fraction of sp³-hybridized carbons (Fsp3) is 0.533. The van der Waals surface area contributed by atoms with Crippen LogP contribution in [-0.2, 0) is 10.2 Å². The number of carboxylic acid groups (broad SMARTS) is 1. The van der Waals surface area contributed by atoms with Gasteiger partial charge in [0.25, 0.3) is 0 Å². The van der Waals surface area contributed by atoms with E-state index in [1.807, 2.05) is 24.3 Å². The standard InChI is InChI=1S/C15H19BrO2/c1-14(2,3)11-8-15(9-11,13(17)18)10-4-6-12(16)7-5-10/h4-7,11H,8-9H2,1-3H3,(H,17,18). The molecule has 0 aromatic heterocycles. The van der Waals surface area contributed by atoms with E-state index in [2.05, 4.69) is 36.7 Å². The number of rotatable bonds is 2. The zero-order valence-corrected chi connectivity index (χ0v) is 12.6. The predicted octanol–water partition coefficient (Wildman–Crippen LogP) is 4.23. The molecule has 1 aliphatic carbocycles. The quantitative estimate of drug-likeness (QED) is 0.887. The van der Waals surface area contributed by atoms with Crippen LogP contribution in [0.3, 0.4) is 0 Å². The average molecular weight is 311 g/mol. The first-order valence-electron chi connectivity index (χ1n) is 6.25. The van der Waals surface area contributed by atoms with Gasteiger partial charge in [0.05, 0.1) is 5.41 Å². The maximum atomic E-state index is 11.6. The lowest BCUT2D eigenvalue weighted by Gasteiger charge is -2.50. The third-order valence-electron chi connectivity index (χ3n) is 4.22. The third-order valence-corrected chi connectivity index (χ3v) is 4.75. The van der Waals surface area contributed by atoms with E-state index in [1.54, 1.807) is 0 Å². The molecule has 2 rings (SSSR count). The lowest BCUT2D eigenvalue weighted by molar-refractivity contribution is -0.152. The Balaban J connectivity index is 2.27. The predicted molar refractivity (Wildman–Crippen MR) is 75.6 cm³/mol. The van der Waals surface area contributed by atoms with Gasteiger partial charge in [-0.1, -0.05) is 48.8 Å². The molecule has 0 unspecified atom stereocenters. The summed E-state index contributed by atoms with van der Waals surface area (Å²) in [7, 11) is 0. The summed E-state index contributed by atoms with van der Waals surface area (Å²) in [6.45, 7) is 6.56. The maximum absolute atomic E-state index is 11.6. The van der Waals surface area contributed by atoms with Crippen molar-refractivity contribution in [1.29, 1.82) is 0 Å². The molecule has 0 spiro atoms. The lowest BCUT2D eigenvalue weighted by Crippen LogP contribution is -2.51. The van der Waals surface area contributed by atoms with Gasteiger partial charge in [0.15, 0.2) is 0 Å². The monoisotopic (exact) mass is 310 g/mol. The highest BCUT2D eigenvalue weighted by Crippen LogP contribution is 2.54. The third kappa shape index (κ3) is 2.20. The molecule has 0 aliphatic heterocycles. The number of benzene rings is 1. The molecule has 0 amide bonds. The maximum Gasteiger partial charge on any atom is 0.314 e. The van der Waals surface area contributed by atoms with Crippen molar-refractivity contribution in [2.24, 2.45) is 11.3 Å². The topological polar surface area (TPSA) is 37.3 Å². The first kappa shape index (κ1) is 13.6. The van der Waals surface area contributed by atoms with Crippen molar-refractivity contribution in [3.63, 3.8) is 0 Å². The molecule has 1 aliphatic rings. The van der Waals surface area contributed by atoms with Crippen LogP contribution < -0.4 is 0 Å². The van der Waals surface area contributed by atoms with Crippen LogP contribution in [0.15, 0.2) is 28.7 Å². The fourth-order valence-electron chi connectivity index (χ4n) is 2.70. The number of halogens is 1. The summed E-state index contributed by atoms with van der Waals surface area (Å²) in [6.07, 6.45) is 1.49. The van der Waals surface area contributed by atoms with E-state index in [9.17, 15) is 9.90 Å². The van der Waals surface area contributed by atoms with E-state index in [0.717, 1.165) is 22.9 Å². The molecule has 1 fully saturated rings. The van der Waals surface area contributed by atoms with Crippen molar-refractivity contribution < 1.29 is 9.90 Å². The minimum absolute atomic E-state index is 0.189. The van der Waals surface area contributed by atoms with Crippen molar-refractivity contribution in [3.8, 4) is 0 Å². The number of carbonyl (C=O) groups is 1. The lowest BCUT2D eigenvalue weighted by atomic mass is 9.52. The Morgan fingerprint density at radius 2 is 1.78 bits per heavy atom. The van der Waals surface area contributed by atoms with Gasteiger partial charge in [-0.3, -0.25) is 4.79 Å². The van der Waals surface area contributed by atoms with E-state index >= 15 is 0 Å². The smallest absolute Gasteiger partial charge is 0.314 e. The van der Waals surface area contributed by atoms with E-state index in [-0.39, 0.29) is 5.41 Å². The Kier molecular flexibility index (Phi) is 3.30. The largest absolute Gasteiger partial charge is 0.481 e. The molecule has 0 bridgehead atoms. The molecule has 1 N–H and O–H groups in total. The fourth-order valence-corrected chi connectivity index (χ4v) is 2.96. The number of aliphatic carboxylic acids is 1. The van der Waals surface area contributed by atoms with E-state index in [4.69, 9.17) is 0 Å². The van der Waals surface area contributed by atoms with Crippen LogP contribution >= 0.6 is 15.9 Å².